The lowest BCUT2D eigenvalue weighted by atomic mass is 9.93. The molecule has 0 radical (unpaired) electrons. The maximum absolute atomic E-state index is 3.66. The van der Waals surface area contributed by atoms with Crippen LogP contribution in [0.15, 0.2) is 24.3 Å². The van der Waals surface area contributed by atoms with E-state index in [1.807, 2.05) is 0 Å². The largest absolute Gasteiger partial charge is 0.366 e. The summed E-state index contributed by atoms with van der Waals surface area (Å²) in [6, 6.07) is 9.46. The van der Waals surface area contributed by atoms with Crippen molar-refractivity contribution in [3.63, 3.8) is 0 Å². The van der Waals surface area contributed by atoms with Crippen molar-refractivity contribution in [1.29, 1.82) is 0 Å². The van der Waals surface area contributed by atoms with Crippen LogP contribution < -0.4 is 10.2 Å². The Labute approximate surface area is 105 Å². The van der Waals surface area contributed by atoms with Crippen molar-refractivity contribution in [2.24, 2.45) is 0 Å². The number of benzene rings is 1. The number of nitrogens with one attached hydrogen (secondary N) is 1. The van der Waals surface area contributed by atoms with Gasteiger partial charge in [0.2, 0.25) is 0 Å². The Morgan fingerprint density at radius 2 is 2.00 bits per heavy atom. The van der Waals surface area contributed by atoms with Crippen LogP contribution in [-0.4, -0.2) is 24.7 Å². The topological polar surface area (TPSA) is 15.3 Å². The maximum Gasteiger partial charge on any atom is 0.0387 e. The molecule has 1 aliphatic rings. The third-order valence-corrected chi connectivity index (χ3v) is 4.02. The fourth-order valence-corrected chi connectivity index (χ4v) is 2.41. The number of nitrogens with zero attached hydrogens (tertiary/aromatic N) is 1. The van der Waals surface area contributed by atoms with Crippen LogP contribution in [-0.2, 0) is 0 Å². The van der Waals surface area contributed by atoms with Crippen molar-refractivity contribution in [3.05, 3.63) is 29.8 Å². The second-order valence-electron chi connectivity index (χ2n) is 5.61. The molecule has 1 aromatic rings. The number of anilines is 1. The summed E-state index contributed by atoms with van der Waals surface area (Å²) in [5.74, 6) is 0. The number of piperazine rings is 1. The van der Waals surface area contributed by atoms with Crippen molar-refractivity contribution in [3.8, 4) is 0 Å². The van der Waals surface area contributed by atoms with Crippen LogP contribution in [0.1, 0.15) is 32.8 Å². The summed E-state index contributed by atoms with van der Waals surface area (Å²) in [7, 11) is 0. The molecule has 2 heteroatoms. The van der Waals surface area contributed by atoms with E-state index in [1.165, 1.54) is 17.7 Å². The first kappa shape index (κ1) is 12.4. The van der Waals surface area contributed by atoms with Gasteiger partial charge in [-0.2, -0.15) is 0 Å². The summed E-state index contributed by atoms with van der Waals surface area (Å²) in [5.41, 5.74) is 2.93. The van der Waals surface area contributed by atoms with Crippen molar-refractivity contribution in [1.82, 2.24) is 5.32 Å². The van der Waals surface area contributed by atoms with Crippen LogP contribution in [0.25, 0.3) is 0 Å². The van der Waals surface area contributed by atoms with Crippen molar-refractivity contribution in [2.45, 2.75) is 45.7 Å². The Bertz CT molecular complexity index is 371. The van der Waals surface area contributed by atoms with E-state index in [1.54, 1.807) is 0 Å². The van der Waals surface area contributed by atoms with Gasteiger partial charge in [-0.3, -0.25) is 0 Å². The van der Waals surface area contributed by atoms with Crippen LogP contribution in [0.4, 0.5) is 5.69 Å². The normalized spacial score (nSPS) is 29.4. The average Bonchev–Trinajstić information content (AvgIpc) is 2.34. The predicted octanol–water partition coefficient (Wildman–Crippen LogP) is 2.96. The van der Waals surface area contributed by atoms with Gasteiger partial charge < -0.3 is 10.2 Å². The zero-order chi connectivity index (χ0) is 12.5. The molecule has 1 saturated heterocycles. The van der Waals surface area contributed by atoms with Gasteiger partial charge in [-0.1, -0.05) is 24.6 Å². The van der Waals surface area contributed by atoms with Gasteiger partial charge in [0.25, 0.3) is 0 Å². The van der Waals surface area contributed by atoms with E-state index in [0.29, 0.717) is 6.04 Å². The molecule has 2 unspecified atom stereocenters. The van der Waals surface area contributed by atoms with E-state index in [4.69, 9.17) is 0 Å². The lowest BCUT2D eigenvalue weighted by Gasteiger charge is -2.46. The SMILES string of the molecule is CCC1(C)CN(c2ccc(C)cc2)C(C)CN1. The lowest BCUT2D eigenvalue weighted by molar-refractivity contribution is 0.285. The van der Waals surface area contributed by atoms with Gasteiger partial charge in [0.1, 0.15) is 0 Å². The maximum atomic E-state index is 3.66. The van der Waals surface area contributed by atoms with Gasteiger partial charge in [0, 0.05) is 30.4 Å². The van der Waals surface area contributed by atoms with Crippen LogP contribution in [0.3, 0.4) is 0 Å². The minimum atomic E-state index is 0.247. The van der Waals surface area contributed by atoms with Gasteiger partial charge in [-0.25, -0.2) is 0 Å². The lowest BCUT2D eigenvalue weighted by Crippen LogP contribution is -2.62. The van der Waals surface area contributed by atoms with Crippen molar-refractivity contribution in [2.75, 3.05) is 18.0 Å². The van der Waals surface area contributed by atoms with E-state index >= 15 is 0 Å². The smallest absolute Gasteiger partial charge is 0.0387 e. The van der Waals surface area contributed by atoms with Gasteiger partial charge in [-0.05, 0) is 39.3 Å². The molecule has 0 spiro atoms. The predicted molar refractivity (Wildman–Crippen MR) is 74.7 cm³/mol. The minimum Gasteiger partial charge on any atom is -0.366 e. The summed E-state index contributed by atoms with van der Waals surface area (Å²) in [6.07, 6.45) is 1.17. The van der Waals surface area contributed by atoms with Crippen LogP contribution in [0.2, 0.25) is 0 Å². The number of hydrogen-bond acceptors (Lipinski definition) is 2. The zero-order valence-corrected chi connectivity index (χ0v) is 11.5. The fraction of sp³-hybridized carbons (Fsp3) is 0.600. The van der Waals surface area contributed by atoms with Crippen LogP contribution in [0.5, 0.6) is 0 Å². The molecule has 0 bridgehead atoms. The molecule has 1 aliphatic heterocycles. The Morgan fingerprint density at radius 3 is 2.59 bits per heavy atom. The van der Waals surface area contributed by atoms with E-state index in [-0.39, 0.29) is 5.54 Å². The molecular weight excluding hydrogens is 208 g/mol. The quantitative estimate of drug-likeness (QED) is 0.843. The monoisotopic (exact) mass is 232 g/mol. The Kier molecular flexibility index (Phi) is 3.43. The Balaban J connectivity index is 2.20. The van der Waals surface area contributed by atoms with Crippen LogP contribution >= 0.6 is 0 Å². The number of rotatable bonds is 2. The molecule has 0 saturated carbocycles. The first-order valence-electron chi connectivity index (χ1n) is 6.62. The zero-order valence-electron chi connectivity index (χ0n) is 11.5. The summed E-state index contributed by atoms with van der Waals surface area (Å²) in [6.45, 7) is 11.2. The summed E-state index contributed by atoms with van der Waals surface area (Å²) in [5, 5.41) is 3.66. The second-order valence-corrected chi connectivity index (χ2v) is 5.61. The molecule has 94 valence electrons. The summed E-state index contributed by atoms with van der Waals surface area (Å²) >= 11 is 0. The van der Waals surface area contributed by atoms with E-state index < -0.39 is 0 Å². The molecule has 0 aliphatic carbocycles. The van der Waals surface area contributed by atoms with E-state index in [0.717, 1.165) is 13.1 Å². The minimum absolute atomic E-state index is 0.247. The van der Waals surface area contributed by atoms with Crippen molar-refractivity contribution < 1.29 is 0 Å². The molecule has 17 heavy (non-hydrogen) atoms. The molecule has 1 aromatic carbocycles. The standard InChI is InChI=1S/C15H24N2/c1-5-15(4)11-17(13(3)10-16-15)14-8-6-12(2)7-9-14/h6-9,13,16H,5,10-11H2,1-4H3. The highest BCUT2D eigenvalue weighted by molar-refractivity contribution is 5.49. The van der Waals surface area contributed by atoms with Gasteiger partial charge in [0.15, 0.2) is 0 Å². The second kappa shape index (κ2) is 4.69. The summed E-state index contributed by atoms with van der Waals surface area (Å²) in [4.78, 5) is 2.53. The molecule has 1 N–H and O–H groups in total. The average molecular weight is 232 g/mol. The molecular formula is C15H24N2. The molecule has 1 fully saturated rings. The highest BCUT2D eigenvalue weighted by Crippen LogP contribution is 2.25. The van der Waals surface area contributed by atoms with Crippen LogP contribution in [0, 0.1) is 6.92 Å². The van der Waals surface area contributed by atoms with Crippen molar-refractivity contribution >= 4 is 5.69 Å². The molecule has 0 amide bonds. The fourth-order valence-electron chi connectivity index (χ4n) is 2.41. The molecule has 2 atom stereocenters. The Hall–Kier alpha value is -1.02. The molecule has 0 aromatic heterocycles. The highest BCUT2D eigenvalue weighted by atomic mass is 15.2. The molecule has 2 rings (SSSR count). The first-order valence-corrected chi connectivity index (χ1v) is 6.62. The molecule has 2 nitrogen and oxygen atoms in total. The third-order valence-electron chi connectivity index (χ3n) is 4.02. The van der Waals surface area contributed by atoms with Gasteiger partial charge in [-0.15, -0.1) is 0 Å². The third kappa shape index (κ3) is 2.63. The van der Waals surface area contributed by atoms with E-state index in [9.17, 15) is 0 Å². The molecule has 1 heterocycles. The number of aryl methyl sites for hydroxylation is 1. The van der Waals surface area contributed by atoms with Gasteiger partial charge >= 0.3 is 0 Å². The summed E-state index contributed by atoms with van der Waals surface area (Å²) < 4.78 is 0. The van der Waals surface area contributed by atoms with E-state index in [2.05, 4.69) is 62.2 Å². The van der Waals surface area contributed by atoms with Gasteiger partial charge in [0.05, 0.1) is 0 Å². The number of hydrogen-bond donors (Lipinski definition) is 1. The highest BCUT2D eigenvalue weighted by Gasteiger charge is 2.32. The first-order chi connectivity index (χ1) is 8.04. The Morgan fingerprint density at radius 1 is 1.35 bits per heavy atom.